The largest absolute Gasteiger partial charge is 0.386 e. The maximum absolute atomic E-state index is 11.8. The van der Waals surface area contributed by atoms with Crippen LogP contribution in [-0.2, 0) is 11.2 Å². The highest BCUT2D eigenvalue weighted by Crippen LogP contribution is 2.17. The number of benzene rings is 1. The van der Waals surface area contributed by atoms with Crippen LogP contribution in [0.1, 0.15) is 22.1 Å². The predicted molar refractivity (Wildman–Crippen MR) is 77.2 cm³/mol. The van der Waals surface area contributed by atoms with Gasteiger partial charge in [-0.2, -0.15) is 0 Å². The van der Waals surface area contributed by atoms with E-state index in [9.17, 15) is 9.90 Å². The summed E-state index contributed by atoms with van der Waals surface area (Å²) in [4.78, 5) is 12.7. The van der Waals surface area contributed by atoms with E-state index in [0.717, 1.165) is 16.0 Å². The average molecular weight is 275 g/mol. The number of aliphatic hydroxyl groups excluding tert-OH is 1. The normalized spacial score (nSPS) is 12.1. The molecule has 0 saturated heterocycles. The lowest BCUT2D eigenvalue weighted by atomic mass is 10.1. The molecule has 0 spiro atoms. The number of amides is 1. The van der Waals surface area contributed by atoms with Gasteiger partial charge in [0.05, 0.1) is 6.42 Å². The van der Waals surface area contributed by atoms with E-state index in [-0.39, 0.29) is 12.5 Å². The Hall–Kier alpha value is -1.65. The number of nitrogens with one attached hydrogen (secondary N) is 1. The van der Waals surface area contributed by atoms with Gasteiger partial charge >= 0.3 is 0 Å². The minimum atomic E-state index is -0.624. The van der Waals surface area contributed by atoms with Gasteiger partial charge in [0.2, 0.25) is 5.91 Å². The van der Waals surface area contributed by atoms with Crippen molar-refractivity contribution in [3.05, 3.63) is 57.8 Å². The van der Waals surface area contributed by atoms with Gasteiger partial charge in [0.15, 0.2) is 0 Å². The van der Waals surface area contributed by atoms with Gasteiger partial charge in [0.25, 0.3) is 0 Å². The molecule has 0 saturated carbocycles. The Kier molecular flexibility index (Phi) is 4.71. The van der Waals surface area contributed by atoms with Gasteiger partial charge in [0, 0.05) is 11.4 Å². The molecule has 2 rings (SSSR count). The van der Waals surface area contributed by atoms with Crippen molar-refractivity contribution in [3.63, 3.8) is 0 Å². The molecular formula is C15H17NO2S. The molecule has 19 heavy (non-hydrogen) atoms. The maximum atomic E-state index is 11.8. The van der Waals surface area contributed by atoms with Crippen LogP contribution in [-0.4, -0.2) is 17.6 Å². The molecule has 0 fully saturated rings. The van der Waals surface area contributed by atoms with Crippen molar-refractivity contribution in [2.45, 2.75) is 19.4 Å². The molecule has 3 nitrogen and oxygen atoms in total. The maximum Gasteiger partial charge on any atom is 0.224 e. The third-order valence-corrected chi connectivity index (χ3v) is 3.78. The van der Waals surface area contributed by atoms with E-state index in [4.69, 9.17) is 0 Å². The summed E-state index contributed by atoms with van der Waals surface area (Å²) >= 11 is 1.49. The topological polar surface area (TPSA) is 49.3 Å². The summed E-state index contributed by atoms with van der Waals surface area (Å²) in [6.45, 7) is 2.26. The lowest BCUT2D eigenvalue weighted by Crippen LogP contribution is -2.29. The summed E-state index contributed by atoms with van der Waals surface area (Å²) in [5, 5.41) is 14.5. The summed E-state index contributed by atoms with van der Waals surface area (Å²) in [6, 6.07) is 11.6. The Morgan fingerprint density at radius 3 is 2.89 bits per heavy atom. The molecule has 100 valence electrons. The fourth-order valence-electron chi connectivity index (χ4n) is 1.86. The van der Waals surface area contributed by atoms with Gasteiger partial charge in [-0.15, -0.1) is 11.3 Å². The molecule has 2 aromatic rings. The van der Waals surface area contributed by atoms with Crippen molar-refractivity contribution >= 4 is 17.2 Å². The molecule has 2 N–H and O–H groups in total. The first kappa shape index (κ1) is 13.8. The van der Waals surface area contributed by atoms with E-state index in [1.165, 1.54) is 11.3 Å². The van der Waals surface area contributed by atoms with Crippen molar-refractivity contribution in [1.29, 1.82) is 0 Å². The van der Waals surface area contributed by atoms with E-state index in [1.54, 1.807) is 0 Å². The monoisotopic (exact) mass is 275 g/mol. The summed E-state index contributed by atoms with van der Waals surface area (Å²) in [7, 11) is 0. The zero-order valence-corrected chi connectivity index (χ0v) is 11.6. The Bertz CT molecular complexity index is 537. The standard InChI is InChI=1S/C15H17NO2S/c1-11-4-2-5-12(8-11)9-15(18)16-10-13(17)14-6-3-7-19-14/h2-8,13,17H,9-10H2,1H3,(H,16,18). The highest BCUT2D eigenvalue weighted by molar-refractivity contribution is 7.10. The lowest BCUT2D eigenvalue weighted by Gasteiger charge is -2.10. The highest BCUT2D eigenvalue weighted by Gasteiger charge is 2.10. The van der Waals surface area contributed by atoms with Crippen LogP contribution >= 0.6 is 11.3 Å². The van der Waals surface area contributed by atoms with Gasteiger partial charge in [-0.3, -0.25) is 4.79 Å². The number of carbonyl (C=O) groups excluding carboxylic acids is 1. The molecule has 0 aliphatic carbocycles. The van der Waals surface area contributed by atoms with E-state index in [2.05, 4.69) is 5.32 Å². The number of carbonyl (C=O) groups is 1. The second-order valence-electron chi connectivity index (χ2n) is 4.50. The van der Waals surface area contributed by atoms with Gasteiger partial charge in [-0.1, -0.05) is 35.9 Å². The molecular weight excluding hydrogens is 258 g/mol. The van der Waals surface area contributed by atoms with E-state index < -0.39 is 6.10 Å². The third kappa shape index (κ3) is 4.19. The Labute approximate surface area is 116 Å². The smallest absolute Gasteiger partial charge is 0.224 e. The molecule has 4 heteroatoms. The quantitative estimate of drug-likeness (QED) is 0.880. The van der Waals surface area contributed by atoms with Gasteiger partial charge in [0.1, 0.15) is 6.10 Å². The Morgan fingerprint density at radius 2 is 2.21 bits per heavy atom. The second kappa shape index (κ2) is 6.50. The fourth-order valence-corrected chi connectivity index (χ4v) is 2.57. The average Bonchev–Trinajstić information content (AvgIpc) is 2.90. The molecule has 1 aromatic carbocycles. The van der Waals surface area contributed by atoms with Gasteiger partial charge in [-0.25, -0.2) is 0 Å². The third-order valence-electron chi connectivity index (χ3n) is 2.81. The first-order valence-corrected chi connectivity index (χ1v) is 7.07. The second-order valence-corrected chi connectivity index (χ2v) is 5.48. The first-order chi connectivity index (χ1) is 9.15. The molecule has 0 aliphatic rings. The number of aryl methyl sites for hydroxylation is 1. The van der Waals surface area contributed by atoms with Crippen molar-refractivity contribution in [2.24, 2.45) is 0 Å². The van der Waals surface area contributed by atoms with E-state index in [0.29, 0.717) is 6.42 Å². The summed E-state index contributed by atoms with van der Waals surface area (Å²) in [5.41, 5.74) is 2.13. The molecule has 1 amide bonds. The number of thiophene rings is 1. The zero-order valence-electron chi connectivity index (χ0n) is 10.8. The summed E-state index contributed by atoms with van der Waals surface area (Å²) in [5.74, 6) is -0.0683. The van der Waals surface area contributed by atoms with Gasteiger partial charge < -0.3 is 10.4 Å². The van der Waals surface area contributed by atoms with Crippen LogP contribution in [0.4, 0.5) is 0 Å². The summed E-state index contributed by atoms with van der Waals surface area (Å²) in [6.07, 6.45) is -0.278. The van der Waals surface area contributed by atoms with Crippen LogP contribution in [0.3, 0.4) is 0 Å². The molecule has 1 aromatic heterocycles. The van der Waals surface area contributed by atoms with Crippen LogP contribution < -0.4 is 5.32 Å². The van der Waals surface area contributed by atoms with Crippen LogP contribution in [0, 0.1) is 6.92 Å². The van der Waals surface area contributed by atoms with E-state index >= 15 is 0 Å². The molecule has 0 radical (unpaired) electrons. The molecule has 1 heterocycles. The van der Waals surface area contributed by atoms with E-state index in [1.807, 2.05) is 48.7 Å². The van der Waals surface area contributed by atoms with Crippen LogP contribution in [0.2, 0.25) is 0 Å². The first-order valence-electron chi connectivity index (χ1n) is 6.19. The van der Waals surface area contributed by atoms with Crippen molar-refractivity contribution < 1.29 is 9.90 Å². The molecule has 1 unspecified atom stereocenters. The minimum Gasteiger partial charge on any atom is -0.386 e. The van der Waals surface area contributed by atoms with Crippen molar-refractivity contribution in [2.75, 3.05) is 6.54 Å². The summed E-state index contributed by atoms with van der Waals surface area (Å²) < 4.78 is 0. The lowest BCUT2D eigenvalue weighted by molar-refractivity contribution is -0.120. The SMILES string of the molecule is Cc1cccc(CC(=O)NCC(O)c2cccs2)c1. The molecule has 0 bridgehead atoms. The zero-order chi connectivity index (χ0) is 13.7. The Balaban J connectivity index is 1.82. The number of aliphatic hydroxyl groups is 1. The molecule has 1 atom stereocenters. The van der Waals surface area contributed by atoms with Gasteiger partial charge in [-0.05, 0) is 23.9 Å². The Morgan fingerprint density at radius 1 is 1.37 bits per heavy atom. The minimum absolute atomic E-state index is 0.0683. The number of rotatable bonds is 5. The highest BCUT2D eigenvalue weighted by atomic mass is 32.1. The molecule has 0 aliphatic heterocycles. The van der Waals surface area contributed by atoms with Crippen molar-refractivity contribution in [3.8, 4) is 0 Å². The number of hydrogen-bond donors (Lipinski definition) is 2. The van der Waals surface area contributed by atoms with Crippen LogP contribution in [0.5, 0.6) is 0 Å². The fraction of sp³-hybridized carbons (Fsp3) is 0.267. The van der Waals surface area contributed by atoms with Crippen LogP contribution in [0.15, 0.2) is 41.8 Å². The number of hydrogen-bond acceptors (Lipinski definition) is 3. The van der Waals surface area contributed by atoms with Crippen molar-refractivity contribution in [1.82, 2.24) is 5.32 Å². The van der Waals surface area contributed by atoms with Crippen LogP contribution in [0.25, 0.3) is 0 Å². The predicted octanol–water partition coefficient (Wildman–Crippen LogP) is 2.45.